The van der Waals surface area contributed by atoms with E-state index >= 15 is 0 Å². The fourth-order valence-electron chi connectivity index (χ4n) is 5.25. The summed E-state index contributed by atoms with van der Waals surface area (Å²) in [6.45, 7) is 7.98. The number of hydrazine groups is 1. The molecule has 1 amide bonds. The van der Waals surface area contributed by atoms with Gasteiger partial charge in [-0.25, -0.2) is 9.97 Å². The van der Waals surface area contributed by atoms with Crippen LogP contribution in [0.2, 0.25) is 0 Å². The molecule has 0 radical (unpaired) electrons. The average Bonchev–Trinajstić information content (AvgIpc) is 2.89. The van der Waals surface area contributed by atoms with E-state index in [1.54, 1.807) is 6.07 Å². The summed E-state index contributed by atoms with van der Waals surface area (Å²) >= 11 is 3.39. The van der Waals surface area contributed by atoms with E-state index in [2.05, 4.69) is 62.4 Å². The first kappa shape index (κ1) is 19.9. The van der Waals surface area contributed by atoms with Gasteiger partial charge in [-0.1, -0.05) is 32.9 Å². The third-order valence-corrected chi connectivity index (χ3v) is 6.65. The predicted molar refractivity (Wildman–Crippen MR) is 119 cm³/mol. The van der Waals surface area contributed by atoms with E-state index in [1.165, 1.54) is 12.7 Å². The third-order valence-electron chi connectivity index (χ3n) is 5.96. The maximum absolute atomic E-state index is 12.5. The summed E-state index contributed by atoms with van der Waals surface area (Å²) in [5, 5.41) is 0. The summed E-state index contributed by atoms with van der Waals surface area (Å²) in [6.07, 6.45) is 4.97. The molecule has 1 aromatic carbocycles. The Bertz CT molecular complexity index is 949. The van der Waals surface area contributed by atoms with Gasteiger partial charge in [-0.3, -0.25) is 15.6 Å². The second-order valence-electron chi connectivity index (χ2n) is 9.36. The molecule has 1 saturated heterocycles. The molecular formula is C21H27BrN6O. The van der Waals surface area contributed by atoms with Gasteiger partial charge in [0.2, 0.25) is 0 Å². The largest absolute Gasteiger partial charge is 0.393 e. The Kier molecular flexibility index (Phi) is 4.93. The molecule has 29 heavy (non-hydrogen) atoms. The highest BCUT2D eigenvalue weighted by Crippen LogP contribution is 2.53. The van der Waals surface area contributed by atoms with Gasteiger partial charge in [-0.15, -0.1) is 0 Å². The number of nitrogens with zero attached hydrogens (tertiary/aromatic N) is 3. The molecule has 154 valence electrons. The molecule has 2 aromatic rings. The maximum Gasteiger partial charge on any atom is 0.270 e. The first-order chi connectivity index (χ1) is 13.7. The van der Waals surface area contributed by atoms with Crippen LogP contribution in [0.4, 0.5) is 17.3 Å². The van der Waals surface area contributed by atoms with Crippen molar-refractivity contribution in [1.82, 2.24) is 15.4 Å². The molecule has 2 atom stereocenters. The number of halogens is 1. The number of nitrogens with two attached hydrogens (primary N) is 1. The van der Waals surface area contributed by atoms with Crippen molar-refractivity contribution in [3.63, 3.8) is 0 Å². The number of benzene rings is 1. The average molecular weight is 459 g/mol. The van der Waals surface area contributed by atoms with Crippen molar-refractivity contribution in [2.24, 2.45) is 10.8 Å². The zero-order chi connectivity index (χ0) is 20.8. The number of carbonyl (C=O) groups excluding carboxylic acids is 1. The summed E-state index contributed by atoms with van der Waals surface area (Å²) in [5.74, 6) is 0.869. The minimum Gasteiger partial charge on any atom is -0.393 e. The molecule has 8 heteroatoms. The normalized spacial score (nSPS) is 25.0. The molecule has 1 aliphatic carbocycles. The number of rotatable bonds is 4. The van der Waals surface area contributed by atoms with E-state index in [0.717, 1.165) is 29.7 Å². The molecule has 4 rings (SSSR count). The lowest BCUT2D eigenvalue weighted by atomic mass is 9.65. The smallest absolute Gasteiger partial charge is 0.270 e. The number of fused-ring (bicyclic) bond motifs is 2. The lowest BCUT2D eigenvalue weighted by molar-refractivity contribution is 0.0961. The van der Waals surface area contributed by atoms with Gasteiger partial charge < -0.3 is 10.6 Å². The summed E-state index contributed by atoms with van der Waals surface area (Å²) in [5.41, 5.74) is 13.5. The van der Waals surface area contributed by atoms with Crippen molar-refractivity contribution in [2.45, 2.75) is 46.1 Å². The quantitative estimate of drug-likeness (QED) is 0.599. The molecule has 2 unspecified atom stereocenters. The molecule has 2 fully saturated rings. The minimum atomic E-state index is -0.275. The monoisotopic (exact) mass is 458 g/mol. The summed E-state index contributed by atoms with van der Waals surface area (Å²) < 4.78 is 0.718. The number of nitrogens with one attached hydrogen (secondary N) is 2. The van der Waals surface area contributed by atoms with Crippen molar-refractivity contribution in [2.75, 3.05) is 22.6 Å². The number of aromatic nitrogens is 2. The van der Waals surface area contributed by atoms with Crippen LogP contribution in [0.1, 0.15) is 50.4 Å². The number of hydrogen-bond acceptors (Lipinski definition) is 6. The van der Waals surface area contributed by atoms with Crippen LogP contribution in [-0.2, 0) is 0 Å². The van der Waals surface area contributed by atoms with Crippen LogP contribution in [-0.4, -0.2) is 28.5 Å². The molecular weight excluding hydrogens is 432 g/mol. The maximum atomic E-state index is 12.5. The highest BCUT2D eigenvalue weighted by Gasteiger charge is 2.50. The van der Waals surface area contributed by atoms with Gasteiger partial charge in [-0.05, 0) is 58.2 Å². The van der Waals surface area contributed by atoms with E-state index in [9.17, 15) is 4.79 Å². The van der Waals surface area contributed by atoms with Crippen molar-refractivity contribution >= 4 is 39.2 Å². The van der Waals surface area contributed by atoms with Crippen LogP contribution < -0.4 is 21.5 Å². The fraction of sp³-hybridized carbons (Fsp3) is 0.476. The number of carbonyl (C=O) groups is 1. The Labute approximate surface area is 179 Å². The van der Waals surface area contributed by atoms with Crippen molar-refractivity contribution in [3.05, 3.63) is 40.6 Å². The number of anilines is 3. The second kappa shape index (κ2) is 7.16. The highest BCUT2D eigenvalue weighted by molar-refractivity contribution is 9.10. The van der Waals surface area contributed by atoms with Crippen LogP contribution in [0.15, 0.2) is 35.1 Å². The van der Waals surface area contributed by atoms with Crippen LogP contribution in [0, 0.1) is 10.8 Å². The number of hydrogen-bond donors (Lipinski definition) is 3. The van der Waals surface area contributed by atoms with Crippen molar-refractivity contribution in [3.8, 4) is 0 Å². The zero-order valence-corrected chi connectivity index (χ0v) is 18.6. The lowest BCUT2D eigenvalue weighted by Gasteiger charge is -2.39. The standard InChI is InChI=1S/C21H27BrN6O/c1-20(2)8-13-9-21(3,10-20)11-28(13)18-16(23)17(24-12-25-18)26-27-19(29)14-6-4-5-7-15(14)22/h4-7,12-13H,8-11,23H2,1-3H3,(H,27,29)(H,24,25,26). The Morgan fingerprint density at radius 2 is 2.00 bits per heavy atom. The minimum absolute atomic E-state index is 0.269. The van der Waals surface area contributed by atoms with E-state index < -0.39 is 0 Å². The molecule has 4 N–H and O–H groups in total. The molecule has 1 aliphatic heterocycles. The van der Waals surface area contributed by atoms with Gasteiger partial charge in [0.15, 0.2) is 11.6 Å². The van der Waals surface area contributed by atoms with E-state index in [1.807, 2.05) is 18.2 Å². The van der Waals surface area contributed by atoms with Gasteiger partial charge >= 0.3 is 0 Å². The Hall–Kier alpha value is -2.35. The summed E-state index contributed by atoms with van der Waals surface area (Å²) in [6, 6.07) is 7.65. The second-order valence-corrected chi connectivity index (χ2v) is 10.2. The molecule has 2 bridgehead atoms. The zero-order valence-electron chi connectivity index (χ0n) is 17.0. The van der Waals surface area contributed by atoms with Crippen molar-refractivity contribution in [1.29, 1.82) is 0 Å². The molecule has 1 aromatic heterocycles. The van der Waals surface area contributed by atoms with Crippen LogP contribution in [0.3, 0.4) is 0 Å². The summed E-state index contributed by atoms with van der Waals surface area (Å²) in [7, 11) is 0. The third kappa shape index (κ3) is 3.90. The number of nitrogen functional groups attached to an aromatic ring is 1. The lowest BCUT2D eigenvalue weighted by Crippen LogP contribution is -2.35. The van der Waals surface area contributed by atoms with Crippen LogP contribution >= 0.6 is 15.9 Å². The molecule has 2 heterocycles. The van der Waals surface area contributed by atoms with Gasteiger partial charge in [-0.2, -0.15) is 0 Å². The van der Waals surface area contributed by atoms with Crippen LogP contribution in [0.25, 0.3) is 0 Å². The van der Waals surface area contributed by atoms with Gasteiger partial charge in [0.05, 0.1) is 5.56 Å². The van der Waals surface area contributed by atoms with Crippen molar-refractivity contribution < 1.29 is 4.79 Å². The predicted octanol–water partition coefficient (Wildman–Crippen LogP) is 3.98. The SMILES string of the molecule is CC1(C)CC2CC(C)(CN2c2ncnc(NNC(=O)c3ccccc3Br)c2N)C1. The van der Waals surface area contributed by atoms with Gasteiger partial charge in [0.25, 0.3) is 5.91 Å². The topological polar surface area (TPSA) is 96.2 Å². The van der Waals surface area contributed by atoms with E-state index in [-0.39, 0.29) is 11.3 Å². The van der Waals surface area contributed by atoms with E-state index in [4.69, 9.17) is 5.73 Å². The fourth-order valence-corrected chi connectivity index (χ4v) is 5.72. The Morgan fingerprint density at radius 3 is 2.76 bits per heavy atom. The van der Waals surface area contributed by atoms with Gasteiger partial charge in [0.1, 0.15) is 12.0 Å². The molecule has 1 saturated carbocycles. The number of amides is 1. The van der Waals surface area contributed by atoms with E-state index in [0.29, 0.717) is 28.5 Å². The first-order valence-corrected chi connectivity index (χ1v) is 10.6. The molecule has 7 nitrogen and oxygen atoms in total. The Balaban J connectivity index is 1.53. The first-order valence-electron chi connectivity index (χ1n) is 9.86. The van der Waals surface area contributed by atoms with Crippen LogP contribution in [0.5, 0.6) is 0 Å². The molecule has 0 spiro atoms. The summed E-state index contributed by atoms with van der Waals surface area (Å²) in [4.78, 5) is 23.5. The Morgan fingerprint density at radius 1 is 1.24 bits per heavy atom. The molecule has 2 aliphatic rings. The highest BCUT2D eigenvalue weighted by atomic mass is 79.9. The van der Waals surface area contributed by atoms with Gasteiger partial charge in [0, 0.05) is 17.1 Å².